The van der Waals surface area contributed by atoms with E-state index < -0.39 is 0 Å². The molecule has 5 rings (SSSR count). The number of thiazole rings is 1. The van der Waals surface area contributed by atoms with Gasteiger partial charge in [-0.05, 0) is 23.8 Å². The van der Waals surface area contributed by atoms with Crippen molar-refractivity contribution in [2.75, 3.05) is 23.8 Å². The van der Waals surface area contributed by atoms with Crippen molar-refractivity contribution in [3.05, 3.63) is 59.3 Å². The lowest BCUT2D eigenvalue weighted by Crippen LogP contribution is -2.11. The van der Waals surface area contributed by atoms with Crippen LogP contribution in [0.2, 0.25) is 0 Å². The van der Waals surface area contributed by atoms with Crippen LogP contribution in [0.15, 0.2) is 52.9 Å². The Morgan fingerprint density at radius 2 is 1.97 bits per heavy atom. The molecule has 3 aromatic heterocycles. The first kappa shape index (κ1) is 19.7. The van der Waals surface area contributed by atoms with E-state index >= 15 is 0 Å². The number of nitrogens with zero attached hydrogens (tertiary/aromatic N) is 2. The summed E-state index contributed by atoms with van der Waals surface area (Å²) in [4.78, 5) is 23.6. The van der Waals surface area contributed by atoms with Gasteiger partial charge in [-0.3, -0.25) is 4.79 Å². The third kappa shape index (κ3) is 3.78. The van der Waals surface area contributed by atoms with Crippen molar-refractivity contribution in [2.45, 2.75) is 6.92 Å². The third-order valence-corrected chi connectivity index (χ3v) is 6.90. The number of aromatic nitrogens is 2. The number of oxazole rings is 1. The van der Waals surface area contributed by atoms with Gasteiger partial charge in [0.15, 0.2) is 16.6 Å². The van der Waals surface area contributed by atoms with Crippen LogP contribution in [-0.2, 0) is 0 Å². The Kier molecular flexibility index (Phi) is 5.14. The lowest BCUT2D eigenvalue weighted by Gasteiger charge is -2.07. The first-order valence-corrected chi connectivity index (χ1v) is 11.3. The van der Waals surface area contributed by atoms with E-state index in [1.165, 1.54) is 22.7 Å². The van der Waals surface area contributed by atoms with Gasteiger partial charge >= 0.3 is 0 Å². The average Bonchev–Trinajstić information content (AvgIpc) is 3.43. The van der Waals surface area contributed by atoms with Gasteiger partial charge in [-0.1, -0.05) is 41.7 Å². The minimum Gasteiger partial charge on any atom is -0.441 e. The second kappa shape index (κ2) is 8.10. The molecule has 0 aliphatic rings. The van der Waals surface area contributed by atoms with Gasteiger partial charge in [0, 0.05) is 24.7 Å². The molecular formula is C22H18N4O3S2. The standard InChI is InChI=1S/C22H18N4O3S2/c1-12-24-15-11-14(7-8-16(15)29-12)25-20(28)18-17(13-5-3-2-4-6-13)19-21(30-18)26-22(31-19)23-9-10-27/h2-8,11,27H,9-10H2,1H3,(H,23,26)(H,25,28). The highest BCUT2D eigenvalue weighted by molar-refractivity contribution is 7.30. The zero-order chi connectivity index (χ0) is 21.4. The van der Waals surface area contributed by atoms with Crippen LogP contribution >= 0.6 is 22.7 Å². The zero-order valence-corrected chi connectivity index (χ0v) is 18.1. The quantitative estimate of drug-likeness (QED) is 0.332. The van der Waals surface area contributed by atoms with Crippen molar-refractivity contribution in [1.82, 2.24) is 9.97 Å². The van der Waals surface area contributed by atoms with Gasteiger partial charge in [0.25, 0.3) is 5.91 Å². The van der Waals surface area contributed by atoms with Crippen LogP contribution in [0.4, 0.5) is 10.8 Å². The smallest absolute Gasteiger partial charge is 0.266 e. The Morgan fingerprint density at radius 1 is 1.13 bits per heavy atom. The molecule has 31 heavy (non-hydrogen) atoms. The molecule has 0 unspecified atom stereocenters. The van der Waals surface area contributed by atoms with Gasteiger partial charge in [-0.25, -0.2) is 9.97 Å². The number of hydrogen-bond acceptors (Lipinski definition) is 8. The molecule has 3 N–H and O–H groups in total. The normalized spacial score (nSPS) is 11.3. The van der Waals surface area contributed by atoms with Crippen LogP contribution in [0.1, 0.15) is 15.6 Å². The minimum absolute atomic E-state index is 0.0296. The molecule has 7 nitrogen and oxygen atoms in total. The summed E-state index contributed by atoms with van der Waals surface area (Å²) in [6, 6.07) is 15.2. The van der Waals surface area contributed by atoms with Crippen LogP contribution in [-0.4, -0.2) is 34.1 Å². The number of benzene rings is 2. The number of anilines is 2. The Bertz CT molecular complexity index is 1390. The van der Waals surface area contributed by atoms with Crippen LogP contribution in [0, 0.1) is 6.92 Å². The summed E-state index contributed by atoms with van der Waals surface area (Å²) < 4.78 is 6.46. The summed E-state index contributed by atoms with van der Waals surface area (Å²) in [7, 11) is 0. The van der Waals surface area contributed by atoms with Gasteiger partial charge < -0.3 is 20.2 Å². The van der Waals surface area contributed by atoms with Gasteiger partial charge in [0.05, 0.1) is 11.3 Å². The molecule has 0 spiro atoms. The molecule has 0 saturated carbocycles. The van der Waals surface area contributed by atoms with Crippen molar-refractivity contribution >= 4 is 60.0 Å². The molecule has 0 atom stereocenters. The SMILES string of the molecule is Cc1nc2cc(NC(=O)c3sc4nc(NCCO)sc4c3-c3ccccc3)ccc2o1. The van der Waals surface area contributed by atoms with E-state index in [-0.39, 0.29) is 12.5 Å². The van der Waals surface area contributed by atoms with E-state index in [1.54, 1.807) is 25.1 Å². The van der Waals surface area contributed by atoms with E-state index in [1.807, 2.05) is 30.3 Å². The fourth-order valence-electron chi connectivity index (χ4n) is 3.36. The van der Waals surface area contributed by atoms with Crippen LogP contribution in [0.5, 0.6) is 0 Å². The predicted molar refractivity (Wildman–Crippen MR) is 125 cm³/mol. The number of thiophene rings is 1. The lowest BCUT2D eigenvalue weighted by atomic mass is 10.1. The number of fused-ring (bicyclic) bond motifs is 2. The van der Waals surface area contributed by atoms with Crippen molar-refractivity contribution < 1.29 is 14.3 Å². The Balaban J connectivity index is 1.54. The summed E-state index contributed by atoms with van der Waals surface area (Å²) in [6.45, 7) is 2.25. The number of aryl methyl sites for hydroxylation is 1. The van der Waals surface area contributed by atoms with E-state index in [0.717, 1.165) is 25.8 Å². The number of rotatable bonds is 6. The Labute approximate surface area is 185 Å². The molecule has 2 aromatic carbocycles. The fourth-order valence-corrected chi connectivity index (χ4v) is 5.68. The topological polar surface area (TPSA) is 100 Å². The van der Waals surface area contributed by atoms with Crippen molar-refractivity contribution in [1.29, 1.82) is 0 Å². The summed E-state index contributed by atoms with van der Waals surface area (Å²) in [5.74, 6) is 0.388. The lowest BCUT2D eigenvalue weighted by molar-refractivity contribution is 0.103. The fraction of sp³-hybridized carbons (Fsp3) is 0.136. The number of aliphatic hydroxyl groups excluding tert-OH is 1. The highest BCUT2D eigenvalue weighted by Gasteiger charge is 2.23. The number of aliphatic hydroxyl groups is 1. The molecule has 0 aliphatic heterocycles. The summed E-state index contributed by atoms with van der Waals surface area (Å²) in [5.41, 5.74) is 3.86. The molecule has 0 aliphatic carbocycles. The monoisotopic (exact) mass is 450 g/mol. The molecule has 0 bridgehead atoms. The number of carbonyl (C=O) groups is 1. The molecule has 5 aromatic rings. The van der Waals surface area contributed by atoms with E-state index in [0.29, 0.717) is 34.1 Å². The molecule has 0 fully saturated rings. The first-order valence-electron chi connectivity index (χ1n) is 9.64. The number of hydrogen-bond donors (Lipinski definition) is 3. The van der Waals surface area contributed by atoms with Gasteiger partial charge in [-0.15, -0.1) is 11.3 Å². The zero-order valence-electron chi connectivity index (χ0n) is 16.5. The second-order valence-corrected chi connectivity index (χ2v) is 8.84. The Morgan fingerprint density at radius 3 is 2.77 bits per heavy atom. The number of carbonyl (C=O) groups excluding carboxylic acids is 1. The minimum atomic E-state index is -0.196. The Hall–Kier alpha value is -3.27. The summed E-state index contributed by atoms with van der Waals surface area (Å²) in [6.07, 6.45) is 0. The summed E-state index contributed by atoms with van der Waals surface area (Å²) >= 11 is 2.84. The molecule has 9 heteroatoms. The molecule has 0 saturated heterocycles. The highest BCUT2D eigenvalue weighted by atomic mass is 32.1. The molecule has 0 radical (unpaired) electrons. The molecule has 3 heterocycles. The maximum atomic E-state index is 13.3. The highest BCUT2D eigenvalue weighted by Crippen LogP contribution is 2.43. The average molecular weight is 451 g/mol. The predicted octanol–water partition coefficient (Wildman–Crippen LogP) is 5.13. The largest absolute Gasteiger partial charge is 0.441 e. The summed E-state index contributed by atoms with van der Waals surface area (Å²) in [5, 5.41) is 15.9. The first-order chi connectivity index (χ1) is 15.1. The van der Waals surface area contributed by atoms with Crippen molar-refractivity contribution in [2.24, 2.45) is 0 Å². The van der Waals surface area contributed by atoms with Gasteiger partial charge in [0.1, 0.15) is 15.2 Å². The van der Waals surface area contributed by atoms with Crippen LogP contribution in [0.3, 0.4) is 0 Å². The van der Waals surface area contributed by atoms with E-state index in [2.05, 4.69) is 20.6 Å². The molecule has 156 valence electrons. The molecule has 1 amide bonds. The number of nitrogens with one attached hydrogen (secondary N) is 2. The maximum absolute atomic E-state index is 13.3. The van der Waals surface area contributed by atoms with Crippen LogP contribution in [0.25, 0.3) is 31.8 Å². The van der Waals surface area contributed by atoms with Crippen molar-refractivity contribution in [3.8, 4) is 11.1 Å². The van der Waals surface area contributed by atoms with Gasteiger partial charge in [0.2, 0.25) is 0 Å². The van der Waals surface area contributed by atoms with Crippen LogP contribution < -0.4 is 10.6 Å². The number of amides is 1. The van der Waals surface area contributed by atoms with Crippen molar-refractivity contribution in [3.63, 3.8) is 0 Å². The third-order valence-electron chi connectivity index (χ3n) is 4.66. The van der Waals surface area contributed by atoms with E-state index in [4.69, 9.17) is 9.52 Å². The second-order valence-electron chi connectivity index (χ2n) is 6.85. The van der Waals surface area contributed by atoms with Gasteiger partial charge in [-0.2, -0.15) is 0 Å². The molecular weight excluding hydrogens is 432 g/mol. The maximum Gasteiger partial charge on any atom is 0.266 e. The van der Waals surface area contributed by atoms with E-state index in [9.17, 15) is 4.79 Å².